The van der Waals surface area contributed by atoms with Gasteiger partial charge in [-0.1, -0.05) is 29.4 Å². The van der Waals surface area contributed by atoms with Gasteiger partial charge in [-0.3, -0.25) is 4.98 Å². The van der Waals surface area contributed by atoms with Crippen LogP contribution in [0.2, 0.25) is 5.02 Å². The highest BCUT2D eigenvalue weighted by Gasteiger charge is 2.42. The van der Waals surface area contributed by atoms with Crippen LogP contribution in [0.1, 0.15) is 37.4 Å². The summed E-state index contributed by atoms with van der Waals surface area (Å²) in [5, 5.41) is 5.71. The van der Waals surface area contributed by atoms with E-state index in [1.54, 1.807) is 18.0 Å². The van der Waals surface area contributed by atoms with E-state index in [1.165, 1.54) is 0 Å². The molecular formula is C21H20ClN3OS2. The number of nitrogens with zero attached hydrogens (tertiary/aromatic N) is 2. The standard InChI is InChI=1S/C21H20ClN3OS2/c1-13(2)25-20(19(24-21(25)27)16-5-3-4-12-23-16)17-10-11-18(26-17)28-15-8-6-14(22)7-9-15/h3-13,19-20H,1-2H3,(H,24,27)/t19-,20-/m0/s1. The van der Waals surface area contributed by atoms with Crippen molar-refractivity contribution in [3.63, 3.8) is 0 Å². The molecule has 1 fully saturated rings. The van der Waals surface area contributed by atoms with E-state index in [1.807, 2.05) is 54.6 Å². The smallest absolute Gasteiger partial charge is 0.170 e. The van der Waals surface area contributed by atoms with Crippen LogP contribution < -0.4 is 5.32 Å². The zero-order valence-electron chi connectivity index (χ0n) is 15.5. The Bertz CT molecular complexity index is 959. The van der Waals surface area contributed by atoms with Crippen LogP contribution in [0.4, 0.5) is 0 Å². The molecular weight excluding hydrogens is 410 g/mol. The number of hydrogen-bond donors (Lipinski definition) is 1. The van der Waals surface area contributed by atoms with Crippen molar-refractivity contribution in [2.45, 2.75) is 42.0 Å². The number of halogens is 1. The number of rotatable bonds is 5. The number of thiocarbonyl (C=S) groups is 1. The van der Waals surface area contributed by atoms with Crippen LogP contribution in [0.3, 0.4) is 0 Å². The number of nitrogens with one attached hydrogen (secondary N) is 1. The molecule has 1 aliphatic rings. The zero-order chi connectivity index (χ0) is 19.7. The van der Waals surface area contributed by atoms with Gasteiger partial charge in [-0.2, -0.15) is 0 Å². The quantitative estimate of drug-likeness (QED) is 0.512. The molecule has 0 amide bonds. The second kappa shape index (κ2) is 8.15. The molecule has 0 bridgehead atoms. The summed E-state index contributed by atoms with van der Waals surface area (Å²) in [4.78, 5) is 7.80. The Morgan fingerprint density at radius 1 is 1.14 bits per heavy atom. The molecule has 1 N–H and O–H groups in total. The largest absolute Gasteiger partial charge is 0.452 e. The van der Waals surface area contributed by atoms with Crippen LogP contribution in [-0.4, -0.2) is 21.0 Å². The minimum Gasteiger partial charge on any atom is -0.452 e. The van der Waals surface area contributed by atoms with E-state index in [0.29, 0.717) is 0 Å². The Hall–Kier alpha value is -2.02. The minimum atomic E-state index is -0.0596. The average Bonchev–Trinajstić information content (AvgIpc) is 3.28. The van der Waals surface area contributed by atoms with E-state index >= 15 is 0 Å². The van der Waals surface area contributed by atoms with Crippen molar-refractivity contribution in [1.82, 2.24) is 15.2 Å². The fourth-order valence-electron chi connectivity index (χ4n) is 3.39. The summed E-state index contributed by atoms with van der Waals surface area (Å²) in [5.74, 6) is 0.869. The molecule has 0 spiro atoms. The third-order valence-corrected chi connectivity index (χ3v) is 6.13. The predicted molar refractivity (Wildman–Crippen MR) is 117 cm³/mol. The number of pyridine rings is 1. The van der Waals surface area contributed by atoms with Gasteiger partial charge in [0.1, 0.15) is 11.8 Å². The fraction of sp³-hybridized carbons (Fsp3) is 0.238. The van der Waals surface area contributed by atoms with E-state index < -0.39 is 0 Å². The molecule has 4 rings (SSSR count). The van der Waals surface area contributed by atoms with Crippen molar-refractivity contribution in [2.75, 3.05) is 0 Å². The van der Waals surface area contributed by atoms with Gasteiger partial charge in [0.2, 0.25) is 0 Å². The number of furan rings is 1. The van der Waals surface area contributed by atoms with Gasteiger partial charge in [0, 0.05) is 22.2 Å². The third-order valence-electron chi connectivity index (χ3n) is 4.62. The van der Waals surface area contributed by atoms with Crippen LogP contribution in [0.5, 0.6) is 0 Å². The van der Waals surface area contributed by atoms with E-state index in [0.717, 1.165) is 31.6 Å². The Morgan fingerprint density at radius 3 is 2.61 bits per heavy atom. The molecule has 0 aliphatic carbocycles. The van der Waals surface area contributed by atoms with Crippen molar-refractivity contribution in [3.8, 4) is 0 Å². The topological polar surface area (TPSA) is 41.3 Å². The summed E-state index contributed by atoms with van der Waals surface area (Å²) in [5.41, 5.74) is 0.946. The van der Waals surface area contributed by atoms with Crippen LogP contribution in [0.15, 0.2) is 75.2 Å². The first-order chi connectivity index (χ1) is 13.5. The van der Waals surface area contributed by atoms with Gasteiger partial charge in [0.15, 0.2) is 10.2 Å². The SMILES string of the molecule is CC(C)N1C(=S)N[C@@H](c2ccccn2)[C@@H]1c1ccc(Sc2ccc(Cl)cc2)o1. The van der Waals surface area contributed by atoms with Gasteiger partial charge < -0.3 is 14.6 Å². The van der Waals surface area contributed by atoms with E-state index in [2.05, 4.69) is 29.0 Å². The van der Waals surface area contributed by atoms with E-state index in [-0.39, 0.29) is 18.1 Å². The second-order valence-corrected chi connectivity index (χ2v) is 8.74. The first kappa shape index (κ1) is 19.3. The molecule has 0 saturated carbocycles. The molecule has 28 heavy (non-hydrogen) atoms. The molecule has 2 aromatic heterocycles. The Balaban J connectivity index is 1.65. The lowest BCUT2D eigenvalue weighted by Gasteiger charge is -2.29. The minimum absolute atomic E-state index is 0.0537. The molecule has 1 aromatic carbocycles. The normalized spacial score (nSPS) is 19.3. The average molecular weight is 430 g/mol. The predicted octanol–water partition coefficient (Wildman–Crippen LogP) is 5.86. The van der Waals surface area contributed by atoms with Gasteiger partial charge in [-0.25, -0.2) is 0 Å². The highest BCUT2D eigenvalue weighted by atomic mass is 35.5. The van der Waals surface area contributed by atoms with Gasteiger partial charge in [0.25, 0.3) is 0 Å². The molecule has 3 aromatic rings. The summed E-state index contributed by atoms with van der Waals surface area (Å²) < 4.78 is 6.24. The summed E-state index contributed by atoms with van der Waals surface area (Å²) in [7, 11) is 0. The van der Waals surface area contributed by atoms with E-state index in [9.17, 15) is 0 Å². The molecule has 0 radical (unpaired) electrons. The lowest BCUT2D eigenvalue weighted by atomic mass is 10.0. The fourth-order valence-corrected chi connectivity index (χ4v) is 4.75. The zero-order valence-corrected chi connectivity index (χ0v) is 17.9. The third kappa shape index (κ3) is 3.90. The van der Waals surface area contributed by atoms with Gasteiger partial charge in [-0.15, -0.1) is 0 Å². The van der Waals surface area contributed by atoms with Crippen molar-refractivity contribution >= 4 is 40.7 Å². The number of aromatic nitrogens is 1. The first-order valence-corrected chi connectivity index (χ1v) is 10.7. The van der Waals surface area contributed by atoms with Crippen molar-refractivity contribution in [2.24, 2.45) is 0 Å². The van der Waals surface area contributed by atoms with Crippen LogP contribution >= 0.6 is 35.6 Å². The summed E-state index contributed by atoms with van der Waals surface area (Å²) in [6, 6.07) is 17.8. The van der Waals surface area contributed by atoms with Crippen molar-refractivity contribution < 1.29 is 4.42 Å². The number of benzene rings is 1. The second-order valence-electron chi connectivity index (χ2n) is 6.84. The lowest BCUT2D eigenvalue weighted by Crippen LogP contribution is -2.35. The molecule has 144 valence electrons. The van der Waals surface area contributed by atoms with Crippen LogP contribution in [0, 0.1) is 0 Å². The van der Waals surface area contributed by atoms with E-state index in [4.69, 9.17) is 28.2 Å². The Kier molecular flexibility index (Phi) is 5.62. The molecule has 7 heteroatoms. The summed E-state index contributed by atoms with van der Waals surface area (Å²) in [6.07, 6.45) is 1.80. The molecule has 1 aliphatic heterocycles. The number of hydrogen-bond acceptors (Lipinski definition) is 4. The molecule has 0 unspecified atom stereocenters. The maximum absolute atomic E-state index is 6.24. The van der Waals surface area contributed by atoms with Gasteiger partial charge in [-0.05, 0) is 74.6 Å². The van der Waals surface area contributed by atoms with Crippen LogP contribution in [0.25, 0.3) is 0 Å². The Morgan fingerprint density at radius 2 is 1.93 bits per heavy atom. The summed E-state index contributed by atoms with van der Waals surface area (Å²) in [6.45, 7) is 4.27. The molecule has 1 saturated heterocycles. The Labute approximate surface area is 179 Å². The highest BCUT2D eigenvalue weighted by Crippen LogP contribution is 2.42. The van der Waals surface area contributed by atoms with Crippen molar-refractivity contribution in [1.29, 1.82) is 0 Å². The molecule has 4 nitrogen and oxygen atoms in total. The van der Waals surface area contributed by atoms with Crippen LogP contribution in [-0.2, 0) is 0 Å². The van der Waals surface area contributed by atoms with Crippen molar-refractivity contribution in [3.05, 3.63) is 77.3 Å². The lowest BCUT2D eigenvalue weighted by molar-refractivity contribution is 0.227. The molecule has 2 atom stereocenters. The summed E-state index contributed by atoms with van der Waals surface area (Å²) >= 11 is 13.2. The monoisotopic (exact) mass is 429 g/mol. The van der Waals surface area contributed by atoms with Gasteiger partial charge >= 0.3 is 0 Å². The maximum Gasteiger partial charge on any atom is 0.170 e. The molecule has 3 heterocycles. The maximum atomic E-state index is 6.24. The highest BCUT2D eigenvalue weighted by molar-refractivity contribution is 7.99. The van der Waals surface area contributed by atoms with Gasteiger partial charge in [0.05, 0.1) is 11.7 Å². The first-order valence-electron chi connectivity index (χ1n) is 9.06.